The lowest BCUT2D eigenvalue weighted by Gasteiger charge is -2.37. The molecule has 0 atom stereocenters. The predicted molar refractivity (Wildman–Crippen MR) is 124 cm³/mol. The number of hydrogen-bond acceptors (Lipinski definition) is 4. The average molecular weight is 443 g/mol. The minimum Gasteiger partial charge on any atom is -0.497 e. The zero-order valence-electron chi connectivity index (χ0n) is 19.6. The second kappa shape index (κ2) is 10.3. The summed E-state index contributed by atoms with van der Waals surface area (Å²) in [4.78, 5) is 0. The van der Waals surface area contributed by atoms with E-state index in [0.717, 1.165) is 13.0 Å². The Morgan fingerprint density at radius 1 is 0.938 bits per heavy atom. The second-order valence-electron chi connectivity index (χ2n) is 8.02. The van der Waals surface area contributed by atoms with Crippen molar-refractivity contribution in [2.45, 2.75) is 52.7 Å². The Kier molecular flexibility index (Phi) is 8.21. The second-order valence-corrected chi connectivity index (χ2v) is 8.02. The maximum absolute atomic E-state index is 14.9. The number of aromatic nitrogens is 2. The zero-order valence-corrected chi connectivity index (χ0v) is 19.6. The molecule has 0 unspecified atom stereocenters. The van der Waals surface area contributed by atoms with Gasteiger partial charge in [0.25, 0.3) is 0 Å². The van der Waals surface area contributed by atoms with E-state index in [1.54, 1.807) is 59.1 Å². The van der Waals surface area contributed by atoms with Gasteiger partial charge in [0.1, 0.15) is 5.75 Å². The quantitative estimate of drug-likeness (QED) is 0.512. The van der Waals surface area contributed by atoms with E-state index in [4.69, 9.17) is 9.39 Å². The van der Waals surface area contributed by atoms with Crippen molar-refractivity contribution in [3.63, 3.8) is 0 Å². The van der Waals surface area contributed by atoms with Crippen molar-refractivity contribution in [3.05, 3.63) is 54.2 Å². The standard InChI is InChI=1S/C22H24BF2N2O3.C2H6/c1-21(2,28)22(3,4)30-23-17-11-10-15(18(24)19(17)25)16-12-26-27-20(16)13-6-8-14(29-5)9-7-13;1-2/h6-12,28H,1-5H3,(H,26,27);1-2H3. The highest BCUT2D eigenvalue weighted by molar-refractivity contribution is 6.47. The Bertz CT molecular complexity index is 1030. The molecule has 2 N–H and O–H groups in total. The van der Waals surface area contributed by atoms with E-state index < -0.39 is 22.8 Å². The monoisotopic (exact) mass is 443 g/mol. The highest BCUT2D eigenvalue weighted by atomic mass is 19.2. The number of nitrogens with one attached hydrogen (secondary N) is 1. The van der Waals surface area contributed by atoms with E-state index in [1.807, 2.05) is 13.8 Å². The van der Waals surface area contributed by atoms with Crippen LogP contribution in [0.2, 0.25) is 0 Å². The van der Waals surface area contributed by atoms with Gasteiger partial charge in [-0.05, 0) is 57.4 Å². The minimum absolute atomic E-state index is 0.0527. The first-order chi connectivity index (χ1) is 15.0. The molecule has 1 radical (unpaired) electrons. The maximum Gasteiger partial charge on any atom is 0.334 e. The van der Waals surface area contributed by atoms with Crippen LogP contribution in [0.1, 0.15) is 41.5 Å². The third kappa shape index (κ3) is 5.37. The molecule has 1 heterocycles. The van der Waals surface area contributed by atoms with Gasteiger partial charge in [0.05, 0.1) is 30.2 Å². The summed E-state index contributed by atoms with van der Waals surface area (Å²) < 4.78 is 40.4. The topological polar surface area (TPSA) is 67.4 Å². The Morgan fingerprint density at radius 2 is 1.56 bits per heavy atom. The summed E-state index contributed by atoms with van der Waals surface area (Å²) in [5.74, 6) is -1.36. The SMILES string of the molecule is CC.COc1ccc(-c2[nH]ncc2-c2ccc([B]OC(C)(C)C(C)(C)O)c(F)c2F)cc1. The van der Waals surface area contributed by atoms with Gasteiger partial charge >= 0.3 is 7.48 Å². The zero-order chi connectivity index (χ0) is 24.1. The summed E-state index contributed by atoms with van der Waals surface area (Å²) in [5, 5.41) is 17.0. The van der Waals surface area contributed by atoms with Crippen LogP contribution in [0.25, 0.3) is 22.4 Å². The smallest absolute Gasteiger partial charge is 0.334 e. The van der Waals surface area contributed by atoms with E-state index in [0.29, 0.717) is 17.0 Å². The van der Waals surface area contributed by atoms with E-state index in [2.05, 4.69) is 10.2 Å². The number of rotatable bonds is 7. The van der Waals surface area contributed by atoms with Crippen LogP contribution >= 0.6 is 0 Å². The van der Waals surface area contributed by atoms with Crippen LogP contribution in [0, 0.1) is 11.6 Å². The van der Waals surface area contributed by atoms with Crippen LogP contribution in [0.4, 0.5) is 8.78 Å². The van der Waals surface area contributed by atoms with Crippen molar-refractivity contribution in [2.24, 2.45) is 0 Å². The number of aliphatic hydroxyl groups is 1. The van der Waals surface area contributed by atoms with Crippen molar-refractivity contribution in [3.8, 4) is 28.1 Å². The molecule has 171 valence electrons. The highest BCUT2D eigenvalue weighted by Gasteiger charge is 2.36. The fourth-order valence-corrected chi connectivity index (χ4v) is 2.69. The third-order valence-electron chi connectivity index (χ3n) is 5.37. The molecule has 0 saturated carbocycles. The molecule has 2 aromatic carbocycles. The summed E-state index contributed by atoms with van der Waals surface area (Å²) in [5.41, 5.74) is -0.403. The molecule has 0 aliphatic rings. The molecule has 0 fully saturated rings. The summed E-state index contributed by atoms with van der Waals surface area (Å²) in [7, 11) is 2.69. The van der Waals surface area contributed by atoms with Gasteiger partial charge in [0.2, 0.25) is 0 Å². The largest absolute Gasteiger partial charge is 0.497 e. The molecular weight excluding hydrogens is 413 g/mol. The van der Waals surface area contributed by atoms with Gasteiger partial charge in [-0.1, -0.05) is 26.0 Å². The first-order valence-corrected chi connectivity index (χ1v) is 10.4. The van der Waals surface area contributed by atoms with Crippen LogP contribution in [-0.2, 0) is 4.65 Å². The van der Waals surface area contributed by atoms with Gasteiger partial charge in [0, 0.05) is 16.7 Å². The van der Waals surface area contributed by atoms with Crippen molar-refractivity contribution in [1.29, 1.82) is 0 Å². The first-order valence-electron chi connectivity index (χ1n) is 10.4. The highest BCUT2D eigenvalue weighted by Crippen LogP contribution is 2.33. The maximum atomic E-state index is 14.9. The number of hydrogen-bond donors (Lipinski definition) is 2. The molecule has 8 heteroatoms. The third-order valence-corrected chi connectivity index (χ3v) is 5.37. The Labute approximate surface area is 189 Å². The normalized spacial score (nSPS) is 11.6. The molecule has 32 heavy (non-hydrogen) atoms. The molecule has 0 aliphatic heterocycles. The fourth-order valence-electron chi connectivity index (χ4n) is 2.69. The van der Waals surface area contributed by atoms with Crippen LogP contribution in [0.5, 0.6) is 5.75 Å². The lowest BCUT2D eigenvalue weighted by molar-refractivity contribution is -0.0893. The number of aromatic amines is 1. The Hall–Kier alpha value is -2.71. The molecule has 1 aromatic heterocycles. The molecule has 3 rings (SSSR count). The summed E-state index contributed by atoms with van der Waals surface area (Å²) in [6.07, 6.45) is 1.45. The molecule has 0 spiro atoms. The van der Waals surface area contributed by atoms with Crippen LogP contribution in [0.15, 0.2) is 42.6 Å². The lowest BCUT2D eigenvalue weighted by atomic mass is 9.81. The van der Waals surface area contributed by atoms with Crippen LogP contribution in [0.3, 0.4) is 0 Å². The Balaban J connectivity index is 0.00000176. The minimum atomic E-state index is -1.18. The molecule has 0 saturated heterocycles. The van der Waals surface area contributed by atoms with Crippen molar-refractivity contribution in [1.82, 2.24) is 10.2 Å². The average Bonchev–Trinajstić information content (AvgIpc) is 3.25. The van der Waals surface area contributed by atoms with Crippen molar-refractivity contribution >= 4 is 12.9 Å². The number of benzene rings is 2. The number of halogens is 2. The number of nitrogens with zero attached hydrogens (tertiary/aromatic N) is 1. The van der Waals surface area contributed by atoms with Gasteiger partial charge < -0.3 is 14.5 Å². The van der Waals surface area contributed by atoms with Crippen LogP contribution < -0.4 is 10.2 Å². The van der Waals surface area contributed by atoms with Crippen LogP contribution in [-0.4, -0.2) is 41.1 Å². The van der Waals surface area contributed by atoms with Gasteiger partial charge in [0.15, 0.2) is 11.6 Å². The lowest BCUT2D eigenvalue weighted by Crippen LogP contribution is -2.49. The summed E-state index contributed by atoms with van der Waals surface area (Å²) in [6, 6.07) is 10.1. The van der Waals surface area contributed by atoms with E-state index in [-0.39, 0.29) is 11.0 Å². The number of ether oxygens (including phenoxy) is 1. The molecule has 0 aliphatic carbocycles. The molecule has 5 nitrogen and oxygen atoms in total. The van der Waals surface area contributed by atoms with Gasteiger partial charge in [-0.15, -0.1) is 0 Å². The van der Waals surface area contributed by atoms with Gasteiger partial charge in [-0.25, -0.2) is 8.78 Å². The van der Waals surface area contributed by atoms with E-state index >= 15 is 0 Å². The molecular formula is C24H30BF2N2O3. The van der Waals surface area contributed by atoms with Crippen molar-refractivity contribution < 1.29 is 23.3 Å². The first kappa shape index (κ1) is 25.6. The summed E-state index contributed by atoms with van der Waals surface area (Å²) in [6.45, 7) is 10.5. The van der Waals surface area contributed by atoms with Gasteiger partial charge in [-0.3, -0.25) is 5.10 Å². The predicted octanol–water partition coefficient (Wildman–Crippen LogP) is 4.87. The van der Waals surface area contributed by atoms with E-state index in [1.165, 1.54) is 18.3 Å². The Morgan fingerprint density at radius 3 is 2.12 bits per heavy atom. The number of methoxy groups -OCH3 is 1. The molecule has 3 aromatic rings. The van der Waals surface area contributed by atoms with Crippen molar-refractivity contribution in [2.75, 3.05) is 7.11 Å². The molecule has 0 amide bonds. The van der Waals surface area contributed by atoms with Gasteiger partial charge in [-0.2, -0.15) is 5.10 Å². The van der Waals surface area contributed by atoms with E-state index in [9.17, 15) is 13.9 Å². The summed E-state index contributed by atoms with van der Waals surface area (Å²) >= 11 is 0. The fraction of sp³-hybridized carbons (Fsp3) is 0.375. The number of H-pyrrole nitrogens is 1. The molecule has 0 bridgehead atoms.